The molecule has 100 valence electrons. The summed E-state index contributed by atoms with van der Waals surface area (Å²) in [5.41, 5.74) is 3.10. The van der Waals surface area contributed by atoms with Crippen molar-refractivity contribution in [2.75, 3.05) is 13.7 Å². The van der Waals surface area contributed by atoms with E-state index in [4.69, 9.17) is 9.47 Å². The minimum absolute atomic E-state index is 0.135. The molecular formula is C15H18N2O2. The Labute approximate surface area is 112 Å². The summed E-state index contributed by atoms with van der Waals surface area (Å²) >= 11 is 0. The fourth-order valence-electron chi connectivity index (χ4n) is 2.33. The largest absolute Gasteiger partial charge is 0.482 e. The minimum Gasteiger partial charge on any atom is -0.482 e. The number of aliphatic imine (C=N–C) groups is 1. The summed E-state index contributed by atoms with van der Waals surface area (Å²) in [7, 11) is 1.66. The average molecular weight is 258 g/mol. The molecule has 0 radical (unpaired) electrons. The first-order valence-electron chi connectivity index (χ1n) is 6.39. The zero-order chi connectivity index (χ0) is 13.6. The Morgan fingerprint density at radius 1 is 1.32 bits per heavy atom. The molecule has 1 N–H and O–H groups in total. The van der Waals surface area contributed by atoms with Gasteiger partial charge in [-0.15, -0.1) is 0 Å². The van der Waals surface area contributed by atoms with Crippen LogP contribution in [0.5, 0.6) is 5.88 Å². The molecule has 0 spiro atoms. The summed E-state index contributed by atoms with van der Waals surface area (Å²) in [5, 5.41) is 1.14. The van der Waals surface area contributed by atoms with Gasteiger partial charge < -0.3 is 14.5 Å². The Kier molecular flexibility index (Phi) is 2.55. The van der Waals surface area contributed by atoms with Crippen molar-refractivity contribution in [3.8, 4) is 5.88 Å². The van der Waals surface area contributed by atoms with E-state index in [1.165, 1.54) is 0 Å². The number of aromatic nitrogens is 1. The Bertz CT molecular complexity index is 668. The standard InChI is InChI=1S/C15H18N2O2/c1-9-5-10-6-13(18-4)16-12(10)7-11(9)14-17-15(2,3)8-19-14/h5-7,16H,8H2,1-4H3. The lowest BCUT2D eigenvalue weighted by Crippen LogP contribution is -2.17. The Hall–Kier alpha value is -1.97. The van der Waals surface area contributed by atoms with Gasteiger partial charge in [-0.25, -0.2) is 4.99 Å². The van der Waals surface area contributed by atoms with Crippen molar-refractivity contribution in [2.24, 2.45) is 4.99 Å². The van der Waals surface area contributed by atoms with E-state index >= 15 is 0 Å². The number of aromatic amines is 1. The highest BCUT2D eigenvalue weighted by Crippen LogP contribution is 2.27. The van der Waals surface area contributed by atoms with E-state index in [9.17, 15) is 0 Å². The molecule has 0 amide bonds. The summed E-state index contributed by atoms with van der Waals surface area (Å²) in [4.78, 5) is 7.86. The van der Waals surface area contributed by atoms with Gasteiger partial charge in [-0.05, 0) is 38.5 Å². The van der Waals surface area contributed by atoms with Gasteiger partial charge >= 0.3 is 0 Å². The third kappa shape index (κ3) is 2.07. The van der Waals surface area contributed by atoms with Crippen molar-refractivity contribution in [1.29, 1.82) is 0 Å². The van der Waals surface area contributed by atoms with E-state index in [0.717, 1.165) is 33.8 Å². The second-order valence-electron chi connectivity index (χ2n) is 5.61. The molecular weight excluding hydrogens is 240 g/mol. The summed E-state index contributed by atoms with van der Waals surface area (Å²) in [6.45, 7) is 6.86. The van der Waals surface area contributed by atoms with Crippen LogP contribution in [0.15, 0.2) is 23.2 Å². The topological polar surface area (TPSA) is 46.6 Å². The normalized spacial score (nSPS) is 17.4. The van der Waals surface area contributed by atoms with E-state index in [1.54, 1.807) is 7.11 Å². The number of ether oxygens (including phenoxy) is 2. The predicted molar refractivity (Wildman–Crippen MR) is 76.2 cm³/mol. The smallest absolute Gasteiger partial charge is 0.217 e. The molecule has 19 heavy (non-hydrogen) atoms. The molecule has 0 aliphatic carbocycles. The number of hydrogen-bond acceptors (Lipinski definition) is 3. The minimum atomic E-state index is -0.135. The second-order valence-corrected chi connectivity index (χ2v) is 5.61. The molecule has 3 rings (SSSR count). The van der Waals surface area contributed by atoms with Crippen molar-refractivity contribution in [3.63, 3.8) is 0 Å². The number of benzene rings is 1. The number of H-pyrrole nitrogens is 1. The van der Waals surface area contributed by atoms with E-state index in [2.05, 4.69) is 42.9 Å². The summed E-state index contributed by atoms with van der Waals surface area (Å²) in [5.74, 6) is 1.50. The third-order valence-corrected chi connectivity index (χ3v) is 3.36. The van der Waals surface area contributed by atoms with Crippen molar-refractivity contribution in [1.82, 2.24) is 4.98 Å². The summed E-state index contributed by atoms with van der Waals surface area (Å²) < 4.78 is 10.9. The highest BCUT2D eigenvalue weighted by Gasteiger charge is 2.27. The van der Waals surface area contributed by atoms with Gasteiger partial charge in [-0.1, -0.05) is 0 Å². The molecule has 1 aromatic heterocycles. The van der Waals surface area contributed by atoms with Gasteiger partial charge in [-0.3, -0.25) is 0 Å². The van der Waals surface area contributed by atoms with Crippen LogP contribution in [0.4, 0.5) is 0 Å². The fraction of sp³-hybridized carbons (Fsp3) is 0.400. The van der Waals surface area contributed by atoms with E-state index in [1.807, 2.05) is 6.07 Å². The van der Waals surface area contributed by atoms with Gasteiger partial charge in [-0.2, -0.15) is 0 Å². The SMILES string of the molecule is COc1cc2cc(C)c(C3=NC(C)(C)CO3)cc2[nH]1. The van der Waals surface area contributed by atoms with Gasteiger partial charge in [0.15, 0.2) is 5.88 Å². The number of fused-ring (bicyclic) bond motifs is 1. The molecule has 0 atom stereocenters. The molecule has 4 nitrogen and oxygen atoms in total. The molecule has 1 aliphatic rings. The van der Waals surface area contributed by atoms with Crippen LogP contribution in [0, 0.1) is 6.92 Å². The molecule has 1 aliphatic heterocycles. The maximum atomic E-state index is 5.72. The average Bonchev–Trinajstić information content (AvgIpc) is 2.90. The summed E-state index contributed by atoms with van der Waals surface area (Å²) in [6, 6.07) is 6.20. The first kappa shape index (κ1) is 12.1. The van der Waals surface area contributed by atoms with Crippen LogP contribution in [0.1, 0.15) is 25.0 Å². The molecule has 0 fully saturated rings. The Morgan fingerprint density at radius 2 is 2.11 bits per heavy atom. The van der Waals surface area contributed by atoms with Crippen molar-refractivity contribution in [2.45, 2.75) is 26.3 Å². The molecule has 2 aromatic rings. The Balaban J connectivity index is 2.11. The van der Waals surface area contributed by atoms with Crippen LogP contribution in [0.25, 0.3) is 10.9 Å². The first-order chi connectivity index (χ1) is 8.98. The zero-order valence-electron chi connectivity index (χ0n) is 11.7. The lowest BCUT2D eigenvalue weighted by atomic mass is 10.1. The lowest BCUT2D eigenvalue weighted by molar-refractivity contribution is 0.279. The zero-order valence-corrected chi connectivity index (χ0v) is 11.7. The van der Waals surface area contributed by atoms with E-state index in [-0.39, 0.29) is 5.54 Å². The van der Waals surface area contributed by atoms with E-state index in [0.29, 0.717) is 6.61 Å². The molecule has 2 heterocycles. The monoisotopic (exact) mass is 258 g/mol. The van der Waals surface area contributed by atoms with Gasteiger partial charge in [0.2, 0.25) is 5.90 Å². The van der Waals surface area contributed by atoms with Crippen LogP contribution in [-0.2, 0) is 4.74 Å². The van der Waals surface area contributed by atoms with Gasteiger partial charge in [0.1, 0.15) is 6.61 Å². The van der Waals surface area contributed by atoms with Gasteiger partial charge in [0.05, 0.1) is 12.6 Å². The fourth-order valence-corrected chi connectivity index (χ4v) is 2.33. The number of rotatable bonds is 2. The van der Waals surface area contributed by atoms with Crippen LogP contribution >= 0.6 is 0 Å². The lowest BCUT2D eigenvalue weighted by Gasteiger charge is -2.07. The van der Waals surface area contributed by atoms with Crippen LogP contribution < -0.4 is 4.74 Å². The summed E-state index contributed by atoms with van der Waals surface area (Å²) in [6.07, 6.45) is 0. The number of aryl methyl sites for hydroxylation is 1. The van der Waals surface area contributed by atoms with Crippen LogP contribution in [-0.4, -0.2) is 30.1 Å². The van der Waals surface area contributed by atoms with Crippen LogP contribution in [0.2, 0.25) is 0 Å². The number of hydrogen-bond donors (Lipinski definition) is 1. The van der Waals surface area contributed by atoms with Gasteiger partial charge in [0, 0.05) is 22.5 Å². The number of nitrogens with one attached hydrogen (secondary N) is 1. The maximum Gasteiger partial charge on any atom is 0.217 e. The quantitative estimate of drug-likeness (QED) is 0.900. The van der Waals surface area contributed by atoms with Crippen LogP contribution in [0.3, 0.4) is 0 Å². The first-order valence-corrected chi connectivity index (χ1v) is 6.39. The second kappa shape index (κ2) is 4.02. The third-order valence-electron chi connectivity index (χ3n) is 3.36. The molecule has 0 unspecified atom stereocenters. The highest BCUT2D eigenvalue weighted by atomic mass is 16.5. The van der Waals surface area contributed by atoms with Crippen molar-refractivity contribution < 1.29 is 9.47 Å². The number of nitrogens with zero attached hydrogens (tertiary/aromatic N) is 1. The Morgan fingerprint density at radius 3 is 2.74 bits per heavy atom. The van der Waals surface area contributed by atoms with Crippen molar-refractivity contribution in [3.05, 3.63) is 29.3 Å². The molecule has 0 saturated carbocycles. The highest BCUT2D eigenvalue weighted by molar-refractivity contribution is 6.00. The maximum absolute atomic E-state index is 5.72. The van der Waals surface area contributed by atoms with Gasteiger partial charge in [0.25, 0.3) is 0 Å². The predicted octanol–water partition coefficient (Wildman–Crippen LogP) is 3.04. The molecule has 0 saturated heterocycles. The van der Waals surface area contributed by atoms with Crippen molar-refractivity contribution >= 4 is 16.8 Å². The molecule has 4 heteroatoms. The molecule has 0 bridgehead atoms. The number of methoxy groups -OCH3 is 1. The molecule has 1 aromatic carbocycles. The van der Waals surface area contributed by atoms with E-state index < -0.39 is 0 Å².